The molecule has 1 unspecified atom stereocenters. The van der Waals surface area contributed by atoms with E-state index in [2.05, 4.69) is 4.90 Å². The van der Waals surface area contributed by atoms with Gasteiger partial charge in [-0.1, -0.05) is 18.2 Å². The maximum absolute atomic E-state index is 11.2. The number of para-hydroxylation sites is 1. The molecule has 0 spiro atoms. The second-order valence-electron chi connectivity index (χ2n) is 4.88. The Bertz CT molecular complexity index is 526. The van der Waals surface area contributed by atoms with E-state index in [0.717, 1.165) is 17.5 Å². The number of hydrogen-bond donors (Lipinski definition) is 0. The van der Waals surface area contributed by atoms with Gasteiger partial charge in [0.25, 0.3) is 0 Å². The SMILES string of the molecule is CC(=O)OC(CCN(C)C)c1cc2ccccc2o1. The smallest absolute Gasteiger partial charge is 0.303 e. The molecule has 4 heteroatoms. The molecule has 102 valence electrons. The standard InChI is InChI=1S/C15H19NO3/c1-11(17)18-14(8-9-16(2)3)15-10-12-6-4-5-7-13(12)19-15/h4-7,10,14H,8-9H2,1-3H3. The van der Waals surface area contributed by atoms with Crippen LogP contribution >= 0.6 is 0 Å². The average Bonchev–Trinajstić information content (AvgIpc) is 2.77. The summed E-state index contributed by atoms with van der Waals surface area (Å²) in [4.78, 5) is 13.3. The maximum Gasteiger partial charge on any atom is 0.303 e. The van der Waals surface area contributed by atoms with Crippen LogP contribution in [0.15, 0.2) is 34.7 Å². The summed E-state index contributed by atoms with van der Waals surface area (Å²) in [6, 6.07) is 9.73. The molecule has 0 bridgehead atoms. The van der Waals surface area contributed by atoms with E-state index in [1.54, 1.807) is 0 Å². The highest BCUT2D eigenvalue weighted by Crippen LogP contribution is 2.28. The summed E-state index contributed by atoms with van der Waals surface area (Å²) in [7, 11) is 3.98. The van der Waals surface area contributed by atoms with Crippen molar-refractivity contribution in [3.63, 3.8) is 0 Å². The monoisotopic (exact) mass is 261 g/mol. The van der Waals surface area contributed by atoms with Gasteiger partial charge < -0.3 is 14.1 Å². The van der Waals surface area contributed by atoms with E-state index in [4.69, 9.17) is 9.15 Å². The third kappa shape index (κ3) is 3.58. The van der Waals surface area contributed by atoms with Crippen LogP contribution in [0.3, 0.4) is 0 Å². The highest BCUT2D eigenvalue weighted by molar-refractivity contribution is 5.77. The molecule has 1 heterocycles. The molecule has 2 rings (SSSR count). The van der Waals surface area contributed by atoms with Gasteiger partial charge in [0.05, 0.1) is 0 Å². The predicted molar refractivity (Wildman–Crippen MR) is 73.9 cm³/mol. The first kappa shape index (κ1) is 13.6. The van der Waals surface area contributed by atoms with Crippen molar-refractivity contribution in [2.75, 3.05) is 20.6 Å². The van der Waals surface area contributed by atoms with Gasteiger partial charge in [-0.3, -0.25) is 4.79 Å². The minimum atomic E-state index is -0.327. The fraction of sp³-hybridized carbons (Fsp3) is 0.400. The van der Waals surface area contributed by atoms with Crippen molar-refractivity contribution in [2.45, 2.75) is 19.4 Å². The van der Waals surface area contributed by atoms with E-state index >= 15 is 0 Å². The van der Waals surface area contributed by atoms with Gasteiger partial charge >= 0.3 is 5.97 Å². The highest BCUT2D eigenvalue weighted by Gasteiger charge is 2.19. The zero-order chi connectivity index (χ0) is 13.8. The Morgan fingerprint density at radius 2 is 2.11 bits per heavy atom. The maximum atomic E-state index is 11.2. The van der Waals surface area contributed by atoms with Gasteiger partial charge in [-0.25, -0.2) is 0 Å². The Morgan fingerprint density at radius 3 is 2.74 bits per heavy atom. The van der Waals surface area contributed by atoms with Crippen LogP contribution in [0.25, 0.3) is 11.0 Å². The van der Waals surface area contributed by atoms with Crippen LogP contribution in [0, 0.1) is 0 Å². The van der Waals surface area contributed by atoms with E-state index in [9.17, 15) is 4.79 Å². The number of rotatable bonds is 5. The first-order chi connectivity index (χ1) is 9.06. The van der Waals surface area contributed by atoms with Gasteiger partial charge in [-0.05, 0) is 26.2 Å². The number of benzene rings is 1. The van der Waals surface area contributed by atoms with Crippen LogP contribution < -0.4 is 0 Å². The van der Waals surface area contributed by atoms with E-state index in [-0.39, 0.29) is 12.1 Å². The fourth-order valence-corrected chi connectivity index (χ4v) is 2.00. The fourth-order valence-electron chi connectivity index (χ4n) is 2.00. The molecule has 0 N–H and O–H groups in total. The third-order valence-electron chi connectivity index (χ3n) is 2.91. The largest absolute Gasteiger partial charge is 0.457 e. The average molecular weight is 261 g/mol. The molecular weight excluding hydrogens is 242 g/mol. The Hall–Kier alpha value is -1.81. The zero-order valence-electron chi connectivity index (χ0n) is 11.6. The quantitative estimate of drug-likeness (QED) is 0.776. The number of esters is 1. The van der Waals surface area contributed by atoms with Gasteiger partial charge in [0.1, 0.15) is 11.3 Å². The van der Waals surface area contributed by atoms with Crippen molar-refractivity contribution >= 4 is 16.9 Å². The minimum Gasteiger partial charge on any atom is -0.457 e. The number of nitrogens with zero attached hydrogens (tertiary/aromatic N) is 1. The molecule has 0 radical (unpaired) electrons. The number of carbonyl (C=O) groups excluding carboxylic acids is 1. The van der Waals surface area contributed by atoms with Gasteiger partial charge in [-0.15, -0.1) is 0 Å². The van der Waals surface area contributed by atoms with Crippen molar-refractivity contribution in [3.8, 4) is 0 Å². The second kappa shape index (κ2) is 5.89. The molecule has 1 aromatic heterocycles. The molecule has 0 aliphatic rings. The van der Waals surface area contributed by atoms with Crippen LogP contribution in [-0.2, 0) is 9.53 Å². The van der Waals surface area contributed by atoms with Crippen LogP contribution in [0.2, 0.25) is 0 Å². The summed E-state index contributed by atoms with van der Waals surface area (Å²) in [6.45, 7) is 2.25. The van der Waals surface area contributed by atoms with Gasteiger partial charge in [0.2, 0.25) is 0 Å². The van der Waals surface area contributed by atoms with Crippen molar-refractivity contribution in [2.24, 2.45) is 0 Å². The number of carbonyl (C=O) groups is 1. The predicted octanol–water partition coefficient (Wildman–Crippen LogP) is 2.99. The zero-order valence-corrected chi connectivity index (χ0v) is 11.6. The summed E-state index contributed by atoms with van der Waals surface area (Å²) < 4.78 is 11.1. The molecule has 4 nitrogen and oxygen atoms in total. The molecule has 1 aromatic carbocycles. The summed E-state index contributed by atoms with van der Waals surface area (Å²) in [5.41, 5.74) is 0.819. The minimum absolute atomic E-state index is 0.288. The van der Waals surface area contributed by atoms with E-state index in [1.807, 2.05) is 44.4 Å². The van der Waals surface area contributed by atoms with Crippen LogP contribution in [-0.4, -0.2) is 31.5 Å². The molecular formula is C15H19NO3. The van der Waals surface area contributed by atoms with E-state index in [0.29, 0.717) is 12.2 Å². The number of furan rings is 1. The molecule has 1 atom stereocenters. The second-order valence-corrected chi connectivity index (χ2v) is 4.88. The number of ether oxygens (including phenoxy) is 1. The third-order valence-corrected chi connectivity index (χ3v) is 2.91. The van der Waals surface area contributed by atoms with Crippen LogP contribution in [0.5, 0.6) is 0 Å². The number of hydrogen-bond acceptors (Lipinski definition) is 4. The summed E-state index contributed by atoms with van der Waals surface area (Å²) in [5, 5.41) is 1.03. The molecule has 0 aliphatic heterocycles. The molecule has 0 aliphatic carbocycles. The Labute approximate surface area is 112 Å². The summed E-state index contributed by atoms with van der Waals surface area (Å²) in [6.07, 6.45) is 0.388. The molecule has 19 heavy (non-hydrogen) atoms. The highest BCUT2D eigenvalue weighted by atomic mass is 16.5. The van der Waals surface area contributed by atoms with Crippen molar-refractivity contribution in [1.29, 1.82) is 0 Å². The molecule has 0 fully saturated rings. The number of fused-ring (bicyclic) bond motifs is 1. The molecule has 0 amide bonds. The first-order valence-electron chi connectivity index (χ1n) is 6.36. The van der Waals surface area contributed by atoms with Crippen molar-refractivity contribution in [3.05, 3.63) is 36.1 Å². The summed E-state index contributed by atoms with van der Waals surface area (Å²) in [5.74, 6) is 0.419. The normalized spacial score (nSPS) is 12.8. The molecule has 2 aromatic rings. The van der Waals surface area contributed by atoms with Crippen molar-refractivity contribution < 1.29 is 13.9 Å². The lowest BCUT2D eigenvalue weighted by Crippen LogP contribution is -2.18. The van der Waals surface area contributed by atoms with Crippen molar-refractivity contribution in [1.82, 2.24) is 4.90 Å². The topological polar surface area (TPSA) is 42.7 Å². The Kier molecular flexibility index (Phi) is 4.22. The lowest BCUT2D eigenvalue weighted by atomic mass is 10.1. The Morgan fingerprint density at radius 1 is 1.37 bits per heavy atom. The van der Waals surface area contributed by atoms with Gasteiger partial charge in [-0.2, -0.15) is 0 Å². The Balaban J connectivity index is 2.22. The van der Waals surface area contributed by atoms with Crippen LogP contribution in [0.4, 0.5) is 0 Å². The molecule has 0 saturated heterocycles. The van der Waals surface area contributed by atoms with Crippen LogP contribution in [0.1, 0.15) is 25.2 Å². The lowest BCUT2D eigenvalue weighted by molar-refractivity contribution is -0.148. The summed E-state index contributed by atoms with van der Waals surface area (Å²) >= 11 is 0. The van der Waals surface area contributed by atoms with Gasteiger partial charge in [0.15, 0.2) is 6.10 Å². The lowest BCUT2D eigenvalue weighted by Gasteiger charge is -2.17. The molecule has 0 saturated carbocycles. The first-order valence-corrected chi connectivity index (χ1v) is 6.36. The van der Waals surface area contributed by atoms with Gasteiger partial charge in [0, 0.05) is 25.3 Å². The van der Waals surface area contributed by atoms with E-state index < -0.39 is 0 Å². The van der Waals surface area contributed by atoms with E-state index in [1.165, 1.54) is 6.92 Å².